The number of nitrogens with zero attached hydrogens (tertiary/aromatic N) is 4. The molecule has 5 aromatic rings. The van der Waals surface area contributed by atoms with Crippen molar-refractivity contribution in [3.05, 3.63) is 124 Å². The average Bonchev–Trinajstić information content (AvgIpc) is 2.98. The minimum Gasteiger partial charge on any atom is -0.332 e. The Balaban J connectivity index is 1.55. The lowest BCUT2D eigenvalue weighted by atomic mass is 10.0. The van der Waals surface area contributed by atoms with Gasteiger partial charge in [-0.05, 0) is 67.1 Å². The molecule has 0 aliphatic carbocycles. The van der Waals surface area contributed by atoms with E-state index in [1.807, 2.05) is 86.3 Å². The molecule has 0 N–H and O–H groups in total. The Morgan fingerprint density at radius 1 is 0.878 bits per heavy atom. The number of benzene rings is 3. The zero-order valence-corrected chi connectivity index (χ0v) is 24.2. The van der Waals surface area contributed by atoms with Gasteiger partial charge in [0.2, 0.25) is 5.91 Å². The first-order valence-electron chi connectivity index (χ1n) is 14.3. The molecule has 5 rings (SSSR count). The smallest absolute Gasteiger partial charge is 0.267 e. The van der Waals surface area contributed by atoms with Gasteiger partial charge in [0.25, 0.3) is 5.56 Å². The molecule has 1 atom stereocenters. The monoisotopic (exact) mass is 544 g/mol. The molecule has 41 heavy (non-hydrogen) atoms. The Bertz CT molecular complexity index is 1710. The number of fused-ring (bicyclic) bond motifs is 1. The first-order chi connectivity index (χ1) is 19.9. The van der Waals surface area contributed by atoms with Gasteiger partial charge in [-0.15, -0.1) is 0 Å². The summed E-state index contributed by atoms with van der Waals surface area (Å²) in [5.74, 6) is 0.543. The van der Waals surface area contributed by atoms with Crippen molar-refractivity contribution in [2.45, 2.75) is 53.0 Å². The van der Waals surface area contributed by atoms with E-state index in [1.54, 1.807) is 10.8 Å². The molecule has 2 heterocycles. The zero-order chi connectivity index (χ0) is 28.9. The highest BCUT2D eigenvalue weighted by Gasteiger charge is 2.29. The predicted octanol–water partition coefficient (Wildman–Crippen LogP) is 7.00. The molecule has 6 nitrogen and oxygen atoms in total. The lowest BCUT2D eigenvalue weighted by molar-refractivity contribution is -0.133. The first-order valence-corrected chi connectivity index (χ1v) is 14.3. The van der Waals surface area contributed by atoms with Gasteiger partial charge in [0.1, 0.15) is 5.82 Å². The van der Waals surface area contributed by atoms with Gasteiger partial charge in [-0.25, -0.2) is 9.97 Å². The molecule has 0 radical (unpaired) electrons. The number of amides is 1. The maximum Gasteiger partial charge on any atom is 0.267 e. The van der Waals surface area contributed by atoms with Gasteiger partial charge >= 0.3 is 0 Å². The minimum atomic E-state index is -0.397. The topological polar surface area (TPSA) is 68.1 Å². The maximum absolute atomic E-state index is 14.0. The molecule has 0 saturated heterocycles. The Morgan fingerprint density at radius 2 is 1.56 bits per heavy atom. The number of hydrogen-bond acceptors (Lipinski definition) is 4. The molecule has 0 bridgehead atoms. The summed E-state index contributed by atoms with van der Waals surface area (Å²) in [7, 11) is 0. The van der Waals surface area contributed by atoms with Gasteiger partial charge in [-0.2, -0.15) is 0 Å². The maximum atomic E-state index is 14.0. The minimum absolute atomic E-state index is 0.00756. The number of hydrogen-bond donors (Lipinski definition) is 0. The molecule has 0 aliphatic rings. The summed E-state index contributed by atoms with van der Waals surface area (Å²) in [6, 6.07) is 27.7. The lowest BCUT2D eigenvalue weighted by Gasteiger charge is -2.32. The number of aromatic nitrogens is 3. The van der Waals surface area contributed by atoms with Crippen molar-refractivity contribution in [1.82, 2.24) is 19.4 Å². The Kier molecular flexibility index (Phi) is 8.39. The van der Waals surface area contributed by atoms with E-state index in [2.05, 4.69) is 36.2 Å². The summed E-state index contributed by atoms with van der Waals surface area (Å²) in [6.07, 6.45) is 3.34. The van der Waals surface area contributed by atoms with Gasteiger partial charge in [0, 0.05) is 12.7 Å². The molecule has 0 fully saturated rings. The molecule has 6 heteroatoms. The normalized spacial score (nSPS) is 11.9. The summed E-state index contributed by atoms with van der Waals surface area (Å²) < 4.78 is 1.68. The third-order valence-corrected chi connectivity index (χ3v) is 7.56. The third kappa shape index (κ3) is 5.82. The molecule has 0 saturated carbocycles. The number of aryl methyl sites for hydroxylation is 2. The number of carbonyl (C=O) groups excluding carboxylic acids is 1. The second-order valence-electron chi connectivity index (χ2n) is 10.5. The van der Waals surface area contributed by atoms with Crippen LogP contribution in [0.2, 0.25) is 0 Å². The molecule has 0 spiro atoms. The van der Waals surface area contributed by atoms with Crippen LogP contribution in [0.15, 0.2) is 95.9 Å². The zero-order valence-electron chi connectivity index (χ0n) is 24.2. The van der Waals surface area contributed by atoms with Crippen molar-refractivity contribution >= 4 is 16.9 Å². The summed E-state index contributed by atoms with van der Waals surface area (Å²) in [5.41, 5.74) is 6.10. The van der Waals surface area contributed by atoms with Gasteiger partial charge in [-0.1, -0.05) is 86.1 Å². The fourth-order valence-corrected chi connectivity index (χ4v) is 5.39. The van der Waals surface area contributed by atoms with Gasteiger partial charge in [-0.3, -0.25) is 14.2 Å². The first kappa shape index (κ1) is 28.0. The van der Waals surface area contributed by atoms with Crippen LogP contribution in [0.1, 0.15) is 55.2 Å². The van der Waals surface area contributed by atoms with E-state index in [1.165, 1.54) is 0 Å². The second kappa shape index (κ2) is 12.3. The highest BCUT2D eigenvalue weighted by atomic mass is 16.2. The number of pyridine rings is 1. The van der Waals surface area contributed by atoms with Crippen molar-refractivity contribution in [1.29, 1.82) is 0 Å². The molecular weight excluding hydrogens is 508 g/mol. The average molecular weight is 545 g/mol. The van der Waals surface area contributed by atoms with E-state index >= 15 is 0 Å². The van der Waals surface area contributed by atoms with Crippen molar-refractivity contribution in [2.24, 2.45) is 0 Å². The Labute approximate surface area is 241 Å². The number of carbonyl (C=O) groups is 1. The van der Waals surface area contributed by atoms with Crippen LogP contribution in [-0.2, 0) is 11.2 Å². The van der Waals surface area contributed by atoms with Crippen LogP contribution in [-0.4, -0.2) is 31.9 Å². The summed E-state index contributed by atoms with van der Waals surface area (Å²) in [6.45, 7) is 8.58. The van der Waals surface area contributed by atoms with Crippen molar-refractivity contribution in [3.8, 4) is 16.8 Å². The van der Waals surface area contributed by atoms with Crippen LogP contribution in [0.5, 0.6) is 0 Å². The van der Waals surface area contributed by atoms with Crippen LogP contribution in [0, 0.1) is 13.8 Å². The summed E-state index contributed by atoms with van der Waals surface area (Å²) in [4.78, 5) is 39.3. The largest absolute Gasteiger partial charge is 0.332 e. The molecule has 1 amide bonds. The van der Waals surface area contributed by atoms with Crippen molar-refractivity contribution in [3.63, 3.8) is 0 Å². The van der Waals surface area contributed by atoms with Crippen LogP contribution < -0.4 is 5.56 Å². The standard InChI is InChI=1S/C35H36N4O2/c1-5-22-38(31(40)23-26-14-16-28(17-15-26)27-10-8-7-9-11-27)30(6-2)34-37-33-32(25(4)20-21-36-33)35(41)39(34)29-18-12-24(3)13-19-29/h7-21,30H,5-6,22-23H2,1-4H3. The quantitative estimate of drug-likeness (QED) is 0.200. The van der Waals surface area contributed by atoms with Crippen molar-refractivity contribution in [2.75, 3.05) is 6.54 Å². The number of rotatable bonds is 9. The third-order valence-electron chi connectivity index (χ3n) is 7.56. The molecular formula is C35H36N4O2. The highest BCUT2D eigenvalue weighted by Crippen LogP contribution is 2.28. The van der Waals surface area contributed by atoms with E-state index in [0.717, 1.165) is 39.9 Å². The molecule has 2 aromatic heterocycles. The fourth-order valence-electron chi connectivity index (χ4n) is 5.39. The fraction of sp³-hybridized carbons (Fsp3) is 0.257. The van der Waals surface area contributed by atoms with E-state index in [9.17, 15) is 9.59 Å². The van der Waals surface area contributed by atoms with E-state index in [0.29, 0.717) is 29.8 Å². The molecule has 1 unspecified atom stereocenters. The highest BCUT2D eigenvalue weighted by molar-refractivity contribution is 5.80. The van der Waals surface area contributed by atoms with Crippen LogP contribution >= 0.6 is 0 Å². The van der Waals surface area contributed by atoms with Crippen LogP contribution in [0.25, 0.3) is 27.8 Å². The van der Waals surface area contributed by atoms with E-state index in [-0.39, 0.29) is 17.9 Å². The predicted molar refractivity (Wildman–Crippen MR) is 165 cm³/mol. The lowest BCUT2D eigenvalue weighted by Crippen LogP contribution is -2.40. The van der Waals surface area contributed by atoms with E-state index in [4.69, 9.17) is 4.98 Å². The SMILES string of the molecule is CCCN(C(=O)Cc1ccc(-c2ccccc2)cc1)C(CC)c1nc2nccc(C)c2c(=O)n1-c1ccc(C)cc1. The van der Waals surface area contributed by atoms with Crippen molar-refractivity contribution < 1.29 is 4.79 Å². The van der Waals surface area contributed by atoms with Gasteiger partial charge in [0.15, 0.2) is 5.65 Å². The molecule has 208 valence electrons. The van der Waals surface area contributed by atoms with Gasteiger partial charge in [0.05, 0.1) is 23.5 Å². The van der Waals surface area contributed by atoms with Crippen LogP contribution in [0.3, 0.4) is 0 Å². The second-order valence-corrected chi connectivity index (χ2v) is 10.5. The van der Waals surface area contributed by atoms with Crippen LogP contribution in [0.4, 0.5) is 0 Å². The summed E-state index contributed by atoms with van der Waals surface area (Å²) in [5, 5.41) is 0.499. The van der Waals surface area contributed by atoms with Gasteiger partial charge < -0.3 is 4.90 Å². The molecule has 3 aromatic carbocycles. The van der Waals surface area contributed by atoms with E-state index < -0.39 is 6.04 Å². The Hall–Kier alpha value is -4.58. The molecule has 0 aliphatic heterocycles. The summed E-state index contributed by atoms with van der Waals surface area (Å²) >= 11 is 0. The Morgan fingerprint density at radius 3 is 2.22 bits per heavy atom.